The summed E-state index contributed by atoms with van der Waals surface area (Å²) in [6, 6.07) is 7.59. The number of hydrogen-bond donors (Lipinski definition) is 3. The fourth-order valence-corrected chi connectivity index (χ4v) is 2.21. The van der Waals surface area contributed by atoms with Crippen molar-refractivity contribution in [2.24, 2.45) is 33.3 Å². The standard InChI is InChI=1S/C15H23N5O2.C2H6/c16-9-14(19-20-15(17)18)12-1-3-13(4-2-12)22-10-11-5-7-21-8-6-11;1-2/h1-4,11H,5-10,16H2,(H4,17,18,20);1-2H3/b19-14+;. The zero-order chi connectivity index (χ0) is 17.8. The van der Waals surface area contributed by atoms with Crippen molar-refractivity contribution in [1.82, 2.24) is 0 Å². The van der Waals surface area contributed by atoms with Gasteiger partial charge in [-0.1, -0.05) is 13.8 Å². The van der Waals surface area contributed by atoms with Crippen LogP contribution in [-0.2, 0) is 4.74 Å². The maximum absolute atomic E-state index is 5.82. The number of nitrogens with two attached hydrogens (primary N) is 3. The van der Waals surface area contributed by atoms with Crippen molar-refractivity contribution in [3.63, 3.8) is 0 Å². The van der Waals surface area contributed by atoms with Gasteiger partial charge in [-0.05, 0) is 48.6 Å². The highest BCUT2D eigenvalue weighted by atomic mass is 16.5. The molecule has 7 heteroatoms. The molecule has 1 aliphatic heterocycles. The van der Waals surface area contributed by atoms with E-state index in [1.165, 1.54) is 0 Å². The molecular weight excluding hydrogens is 306 g/mol. The summed E-state index contributed by atoms with van der Waals surface area (Å²) in [6.07, 6.45) is 2.11. The molecule has 1 aromatic carbocycles. The van der Waals surface area contributed by atoms with E-state index >= 15 is 0 Å². The van der Waals surface area contributed by atoms with E-state index in [0.717, 1.165) is 37.4 Å². The van der Waals surface area contributed by atoms with Crippen LogP contribution in [0, 0.1) is 5.92 Å². The van der Waals surface area contributed by atoms with Gasteiger partial charge in [-0.15, -0.1) is 5.10 Å². The Balaban J connectivity index is 0.00000139. The van der Waals surface area contributed by atoms with E-state index in [1.807, 2.05) is 38.1 Å². The molecule has 0 aromatic heterocycles. The van der Waals surface area contributed by atoms with Gasteiger partial charge in [-0.2, -0.15) is 5.10 Å². The van der Waals surface area contributed by atoms with Gasteiger partial charge in [0.2, 0.25) is 5.96 Å². The summed E-state index contributed by atoms with van der Waals surface area (Å²) in [5.41, 5.74) is 17.7. The molecule has 1 fully saturated rings. The molecule has 0 spiro atoms. The van der Waals surface area contributed by atoms with Gasteiger partial charge in [0.1, 0.15) is 5.75 Å². The number of rotatable bonds is 6. The second kappa shape index (κ2) is 11.4. The summed E-state index contributed by atoms with van der Waals surface area (Å²) < 4.78 is 11.2. The highest BCUT2D eigenvalue weighted by Crippen LogP contribution is 2.18. The van der Waals surface area contributed by atoms with Crippen LogP contribution in [0.25, 0.3) is 0 Å². The average Bonchev–Trinajstić information content (AvgIpc) is 2.64. The van der Waals surface area contributed by atoms with Crippen molar-refractivity contribution in [2.75, 3.05) is 26.4 Å². The van der Waals surface area contributed by atoms with Crippen LogP contribution in [-0.4, -0.2) is 38.0 Å². The van der Waals surface area contributed by atoms with Crippen LogP contribution in [0.15, 0.2) is 34.5 Å². The van der Waals surface area contributed by atoms with Gasteiger partial charge in [0.05, 0.1) is 12.3 Å². The zero-order valence-electron chi connectivity index (χ0n) is 14.6. The van der Waals surface area contributed by atoms with E-state index < -0.39 is 0 Å². The summed E-state index contributed by atoms with van der Waals surface area (Å²) in [7, 11) is 0. The van der Waals surface area contributed by atoms with E-state index in [1.54, 1.807) is 0 Å². The van der Waals surface area contributed by atoms with Crippen LogP contribution in [0.3, 0.4) is 0 Å². The van der Waals surface area contributed by atoms with Crippen molar-refractivity contribution in [3.05, 3.63) is 29.8 Å². The molecular formula is C17H29N5O2. The third kappa shape index (κ3) is 6.97. The molecule has 0 amide bonds. The Morgan fingerprint density at radius 1 is 1.12 bits per heavy atom. The number of hydrogen-bond acceptors (Lipinski definition) is 5. The van der Waals surface area contributed by atoms with E-state index in [0.29, 0.717) is 18.2 Å². The van der Waals surface area contributed by atoms with Crippen LogP contribution >= 0.6 is 0 Å². The molecule has 1 heterocycles. The number of ether oxygens (including phenoxy) is 2. The lowest BCUT2D eigenvalue weighted by molar-refractivity contribution is 0.0497. The molecule has 134 valence electrons. The minimum atomic E-state index is -0.0950. The fourth-order valence-electron chi connectivity index (χ4n) is 2.21. The van der Waals surface area contributed by atoms with Crippen LogP contribution in [0.5, 0.6) is 5.75 Å². The van der Waals surface area contributed by atoms with Crippen LogP contribution in [0.2, 0.25) is 0 Å². The molecule has 1 saturated heterocycles. The van der Waals surface area contributed by atoms with Gasteiger partial charge in [-0.25, -0.2) is 0 Å². The Morgan fingerprint density at radius 2 is 1.75 bits per heavy atom. The number of nitrogens with zero attached hydrogens (tertiary/aromatic N) is 2. The molecule has 2 rings (SSSR count). The number of benzene rings is 1. The zero-order valence-corrected chi connectivity index (χ0v) is 14.6. The summed E-state index contributed by atoms with van der Waals surface area (Å²) in [5, 5.41) is 7.57. The van der Waals surface area contributed by atoms with Gasteiger partial charge in [0, 0.05) is 19.8 Å². The minimum Gasteiger partial charge on any atom is -0.493 e. The molecule has 7 nitrogen and oxygen atoms in total. The Bertz CT molecular complexity index is 518. The molecule has 0 atom stereocenters. The lowest BCUT2D eigenvalue weighted by Crippen LogP contribution is -2.23. The van der Waals surface area contributed by atoms with E-state index in [4.69, 9.17) is 26.7 Å². The topological polar surface area (TPSA) is 121 Å². The second-order valence-electron chi connectivity index (χ2n) is 5.17. The molecule has 0 aliphatic carbocycles. The summed E-state index contributed by atoms with van der Waals surface area (Å²) in [6.45, 7) is 6.62. The van der Waals surface area contributed by atoms with Crippen molar-refractivity contribution < 1.29 is 9.47 Å². The van der Waals surface area contributed by atoms with Crippen LogP contribution in [0.4, 0.5) is 0 Å². The van der Waals surface area contributed by atoms with Gasteiger partial charge in [0.15, 0.2) is 0 Å². The lowest BCUT2D eigenvalue weighted by Gasteiger charge is -2.22. The highest BCUT2D eigenvalue weighted by Gasteiger charge is 2.14. The van der Waals surface area contributed by atoms with Crippen molar-refractivity contribution in [1.29, 1.82) is 0 Å². The molecule has 0 bridgehead atoms. The molecule has 0 saturated carbocycles. The third-order valence-electron chi connectivity index (χ3n) is 3.49. The van der Waals surface area contributed by atoms with Gasteiger partial charge in [-0.3, -0.25) is 0 Å². The first kappa shape index (κ1) is 19.9. The second-order valence-corrected chi connectivity index (χ2v) is 5.17. The first-order valence-corrected chi connectivity index (χ1v) is 8.35. The van der Waals surface area contributed by atoms with E-state index in [2.05, 4.69) is 10.2 Å². The fraction of sp³-hybridized carbons (Fsp3) is 0.529. The summed E-state index contributed by atoms with van der Waals surface area (Å²) >= 11 is 0. The smallest absolute Gasteiger partial charge is 0.211 e. The average molecular weight is 335 g/mol. The third-order valence-corrected chi connectivity index (χ3v) is 3.49. The van der Waals surface area contributed by atoms with Crippen LogP contribution < -0.4 is 21.9 Å². The Kier molecular flexibility index (Phi) is 9.48. The largest absolute Gasteiger partial charge is 0.493 e. The molecule has 0 unspecified atom stereocenters. The normalized spacial score (nSPS) is 15.2. The molecule has 1 aliphatic rings. The van der Waals surface area contributed by atoms with Gasteiger partial charge in [0.25, 0.3) is 0 Å². The first-order chi connectivity index (χ1) is 11.7. The van der Waals surface area contributed by atoms with E-state index in [-0.39, 0.29) is 12.5 Å². The first-order valence-electron chi connectivity index (χ1n) is 8.35. The Labute approximate surface area is 143 Å². The van der Waals surface area contributed by atoms with Crippen molar-refractivity contribution in [2.45, 2.75) is 26.7 Å². The lowest BCUT2D eigenvalue weighted by atomic mass is 10.0. The van der Waals surface area contributed by atoms with Crippen molar-refractivity contribution in [3.8, 4) is 5.75 Å². The number of guanidine groups is 1. The predicted molar refractivity (Wildman–Crippen MR) is 98.2 cm³/mol. The minimum absolute atomic E-state index is 0.0950. The Hall–Kier alpha value is -2.12. The monoisotopic (exact) mass is 335 g/mol. The maximum atomic E-state index is 5.82. The predicted octanol–water partition coefficient (Wildman–Crippen LogP) is 1.45. The molecule has 0 radical (unpaired) electrons. The van der Waals surface area contributed by atoms with Gasteiger partial charge >= 0.3 is 0 Å². The highest BCUT2D eigenvalue weighted by molar-refractivity contribution is 6.02. The maximum Gasteiger partial charge on any atom is 0.211 e. The summed E-state index contributed by atoms with van der Waals surface area (Å²) in [5.74, 6) is 1.30. The molecule has 1 aromatic rings. The quantitative estimate of drug-likeness (QED) is 0.413. The van der Waals surface area contributed by atoms with Crippen LogP contribution in [0.1, 0.15) is 32.3 Å². The van der Waals surface area contributed by atoms with Crippen molar-refractivity contribution >= 4 is 11.7 Å². The molecule has 6 N–H and O–H groups in total. The van der Waals surface area contributed by atoms with E-state index in [9.17, 15) is 0 Å². The Morgan fingerprint density at radius 3 is 2.29 bits per heavy atom. The molecule has 24 heavy (non-hydrogen) atoms. The van der Waals surface area contributed by atoms with Gasteiger partial charge < -0.3 is 26.7 Å². The SMILES string of the molecule is CC.NC/C(=N\N=C(N)N)c1ccc(OCC2CCOCC2)cc1. The summed E-state index contributed by atoms with van der Waals surface area (Å²) in [4.78, 5) is 0.